The Labute approximate surface area is 133 Å². The molecule has 5 nitrogen and oxygen atoms in total. The van der Waals surface area contributed by atoms with Gasteiger partial charge in [0.15, 0.2) is 0 Å². The van der Waals surface area contributed by atoms with Crippen molar-refractivity contribution in [3.05, 3.63) is 29.3 Å². The number of nitrogens with zero attached hydrogens (tertiary/aromatic N) is 1. The van der Waals surface area contributed by atoms with E-state index >= 15 is 0 Å². The number of fused-ring (bicyclic) bond motifs is 1. The summed E-state index contributed by atoms with van der Waals surface area (Å²) in [5, 5.41) is 3.82. The lowest BCUT2D eigenvalue weighted by Crippen LogP contribution is -2.42. The van der Waals surface area contributed by atoms with Crippen LogP contribution < -0.4 is 5.32 Å². The molecule has 0 unspecified atom stereocenters. The molecule has 2 atom stereocenters. The van der Waals surface area contributed by atoms with Gasteiger partial charge in [-0.05, 0) is 31.9 Å². The van der Waals surface area contributed by atoms with Gasteiger partial charge in [0.2, 0.25) is 5.91 Å². The Kier molecular flexibility index (Phi) is 5.02. The van der Waals surface area contributed by atoms with E-state index in [0.29, 0.717) is 6.61 Å². The van der Waals surface area contributed by atoms with Gasteiger partial charge in [-0.3, -0.25) is 4.79 Å². The minimum atomic E-state index is -0.107. The van der Waals surface area contributed by atoms with Gasteiger partial charge < -0.3 is 14.8 Å². The SMILES string of the molecule is C[C@@H](NC(=O)COCc1nc2ccccc2s1)[C@@H]1CCCO1. The topological polar surface area (TPSA) is 60.5 Å². The molecule has 0 spiro atoms. The number of carbonyl (C=O) groups is 1. The maximum Gasteiger partial charge on any atom is 0.246 e. The molecule has 1 fully saturated rings. The number of hydrogen-bond acceptors (Lipinski definition) is 5. The molecule has 1 aliphatic heterocycles. The first-order valence-electron chi connectivity index (χ1n) is 7.55. The lowest BCUT2D eigenvalue weighted by molar-refractivity contribution is -0.127. The fourth-order valence-electron chi connectivity index (χ4n) is 2.60. The molecule has 118 valence electrons. The van der Waals surface area contributed by atoms with Crippen molar-refractivity contribution in [1.29, 1.82) is 0 Å². The Balaban J connectivity index is 1.43. The molecule has 2 aromatic rings. The largest absolute Gasteiger partial charge is 0.376 e. The number of benzene rings is 1. The molecule has 2 heterocycles. The minimum Gasteiger partial charge on any atom is -0.376 e. The second-order valence-corrected chi connectivity index (χ2v) is 6.59. The molecule has 0 bridgehead atoms. The van der Waals surface area contributed by atoms with Gasteiger partial charge in [-0.15, -0.1) is 11.3 Å². The van der Waals surface area contributed by atoms with Crippen molar-refractivity contribution in [2.75, 3.05) is 13.2 Å². The van der Waals surface area contributed by atoms with Crippen LogP contribution in [-0.4, -0.2) is 36.3 Å². The van der Waals surface area contributed by atoms with Crippen LogP contribution in [0.1, 0.15) is 24.8 Å². The van der Waals surface area contributed by atoms with E-state index in [9.17, 15) is 4.79 Å². The lowest BCUT2D eigenvalue weighted by Gasteiger charge is -2.19. The standard InChI is InChI=1S/C16H20N2O3S/c1-11(13-6-4-8-21-13)17-15(19)9-20-10-16-18-12-5-2-3-7-14(12)22-16/h2-3,5,7,11,13H,4,6,8-10H2,1H3,(H,17,19)/t11-,13+/m1/s1. The zero-order valence-electron chi connectivity index (χ0n) is 12.6. The van der Waals surface area contributed by atoms with Crippen LogP contribution in [0.2, 0.25) is 0 Å². The van der Waals surface area contributed by atoms with E-state index in [1.54, 1.807) is 11.3 Å². The number of ether oxygens (including phenoxy) is 2. The molecular formula is C16H20N2O3S. The van der Waals surface area contributed by atoms with Crippen LogP contribution >= 0.6 is 11.3 Å². The van der Waals surface area contributed by atoms with Gasteiger partial charge in [0.05, 0.1) is 29.0 Å². The molecule has 0 saturated carbocycles. The second-order valence-electron chi connectivity index (χ2n) is 5.48. The van der Waals surface area contributed by atoms with Crippen molar-refractivity contribution in [1.82, 2.24) is 10.3 Å². The Morgan fingerprint density at radius 3 is 3.18 bits per heavy atom. The van der Waals surface area contributed by atoms with Crippen molar-refractivity contribution < 1.29 is 14.3 Å². The summed E-state index contributed by atoms with van der Waals surface area (Å²) in [6.07, 6.45) is 2.21. The third-order valence-electron chi connectivity index (χ3n) is 3.71. The van der Waals surface area contributed by atoms with Crippen LogP contribution in [0.25, 0.3) is 10.2 Å². The van der Waals surface area contributed by atoms with Crippen molar-refractivity contribution >= 4 is 27.5 Å². The Morgan fingerprint density at radius 2 is 2.41 bits per heavy atom. The third kappa shape index (κ3) is 3.82. The van der Waals surface area contributed by atoms with E-state index < -0.39 is 0 Å². The highest BCUT2D eigenvalue weighted by Crippen LogP contribution is 2.21. The molecule has 6 heteroatoms. The third-order valence-corrected chi connectivity index (χ3v) is 4.72. The molecular weight excluding hydrogens is 300 g/mol. The van der Waals surface area contributed by atoms with Crippen LogP contribution in [0.4, 0.5) is 0 Å². The predicted molar refractivity (Wildman–Crippen MR) is 85.9 cm³/mol. The number of carbonyl (C=O) groups excluding carboxylic acids is 1. The van der Waals surface area contributed by atoms with Crippen LogP contribution in [0, 0.1) is 0 Å². The number of nitrogens with one attached hydrogen (secondary N) is 1. The van der Waals surface area contributed by atoms with Crippen LogP contribution in [0.5, 0.6) is 0 Å². The van der Waals surface area contributed by atoms with Gasteiger partial charge in [0.1, 0.15) is 11.6 Å². The molecule has 1 N–H and O–H groups in total. The number of para-hydroxylation sites is 1. The first-order valence-corrected chi connectivity index (χ1v) is 8.37. The van der Waals surface area contributed by atoms with E-state index in [1.165, 1.54) is 0 Å². The average Bonchev–Trinajstić information content (AvgIpc) is 3.16. The molecule has 0 aliphatic carbocycles. The zero-order chi connectivity index (χ0) is 15.4. The summed E-state index contributed by atoms with van der Waals surface area (Å²) in [4.78, 5) is 16.3. The van der Waals surface area contributed by atoms with E-state index in [4.69, 9.17) is 9.47 Å². The highest BCUT2D eigenvalue weighted by Gasteiger charge is 2.23. The number of thiazole rings is 1. The maximum absolute atomic E-state index is 11.9. The lowest BCUT2D eigenvalue weighted by atomic mass is 10.1. The Bertz CT molecular complexity index is 604. The summed E-state index contributed by atoms with van der Waals surface area (Å²) < 4.78 is 12.2. The van der Waals surface area contributed by atoms with Crippen molar-refractivity contribution in [2.45, 2.75) is 38.5 Å². The van der Waals surface area contributed by atoms with E-state index in [0.717, 1.165) is 34.7 Å². The molecule has 1 amide bonds. The number of rotatable bonds is 6. The Morgan fingerprint density at radius 1 is 1.55 bits per heavy atom. The fourth-order valence-corrected chi connectivity index (χ4v) is 3.50. The van der Waals surface area contributed by atoms with Crippen molar-refractivity contribution in [3.63, 3.8) is 0 Å². The molecule has 22 heavy (non-hydrogen) atoms. The van der Waals surface area contributed by atoms with Gasteiger partial charge >= 0.3 is 0 Å². The number of hydrogen-bond donors (Lipinski definition) is 1. The average molecular weight is 320 g/mol. The van der Waals surface area contributed by atoms with Gasteiger partial charge in [-0.25, -0.2) is 4.98 Å². The predicted octanol–water partition coefficient (Wildman–Crippen LogP) is 2.50. The van der Waals surface area contributed by atoms with Crippen LogP contribution in [0.15, 0.2) is 24.3 Å². The first-order chi connectivity index (χ1) is 10.7. The summed E-state index contributed by atoms with van der Waals surface area (Å²) >= 11 is 1.60. The van der Waals surface area contributed by atoms with Gasteiger partial charge in [0.25, 0.3) is 0 Å². The van der Waals surface area contributed by atoms with E-state index in [-0.39, 0.29) is 24.7 Å². The van der Waals surface area contributed by atoms with E-state index in [1.807, 2.05) is 31.2 Å². The molecule has 3 rings (SSSR count). The summed E-state index contributed by atoms with van der Waals surface area (Å²) in [7, 11) is 0. The monoisotopic (exact) mass is 320 g/mol. The van der Waals surface area contributed by atoms with Gasteiger partial charge in [-0.2, -0.15) is 0 Å². The van der Waals surface area contributed by atoms with Gasteiger partial charge in [0, 0.05) is 6.61 Å². The summed E-state index contributed by atoms with van der Waals surface area (Å²) in [5.74, 6) is -0.107. The summed E-state index contributed by atoms with van der Waals surface area (Å²) in [6, 6.07) is 8.00. The molecule has 1 aliphatic rings. The second kappa shape index (κ2) is 7.17. The number of aromatic nitrogens is 1. The quantitative estimate of drug-likeness (QED) is 0.888. The number of amides is 1. The van der Waals surface area contributed by atoms with Crippen LogP contribution in [-0.2, 0) is 20.9 Å². The molecule has 0 radical (unpaired) electrons. The van der Waals surface area contributed by atoms with Gasteiger partial charge in [-0.1, -0.05) is 12.1 Å². The Hall–Kier alpha value is -1.50. The smallest absolute Gasteiger partial charge is 0.246 e. The fraction of sp³-hybridized carbons (Fsp3) is 0.500. The molecule has 1 aromatic carbocycles. The van der Waals surface area contributed by atoms with Crippen molar-refractivity contribution in [3.8, 4) is 0 Å². The highest BCUT2D eigenvalue weighted by molar-refractivity contribution is 7.18. The highest BCUT2D eigenvalue weighted by atomic mass is 32.1. The van der Waals surface area contributed by atoms with Crippen molar-refractivity contribution in [2.24, 2.45) is 0 Å². The zero-order valence-corrected chi connectivity index (χ0v) is 13.4. The van der Waals surface area contributed by atoms with Crippen LogP contribution in [0.3, 0.4) is 0 Å². The normalized spacial score (nSPS) is 19.4. The minimum absolute atomic E-state index is 0.0288. The molecule has 1 saturated heterocycles. The molecule has 1 aromatic heterocycles. The summed E-state index contributed by atoms with van der Waals surface area (Å²) in [6.45, 7) is 3.18. The summed E-state index contributed by atoms with van der Waals surface area (Å²) in [5.41, 5.74) is 0.975. The first kappa shape index (κ1) is 15.4. The van der Waals surface area contributed by atoms with E-state index in [2.05, 4.69) is 10.3 Å². The maximum atomic E-state index is 11.9.